The number of halogens is 1. The van der Waals surface area contributed by atoms with E-state index >= 15 is 0 Å². The fourth-order valence-corrected chi connectivity index (χ4v) is 6.14. The number of anilines is 2. The quantitative estimate of drug-likeness (QED) is 0.107. The molecule has 11 nitrogen and oxygen atoms in total. The Morgan fingerprint density at radius 1 is 1.18 bits per heavy atom. The van der Waals surface area contributed by atoms with Crippen LogP contribution in [0.4, 0.5) is 11.6 Å². The van der Waals surface area contributed by atoms with Crippen LogP contribution in [0.3, 0.4) is 0 Å². The van der Waals surface area contributed by atoms with Crippen LogP contribution in [-0.2, 0) is 28.1 Å². The molecule has 1 N–H and O–H groups in total. The number of rotatable bonds is 8. The van der Waals surface area contributed by atoms with Crippen LogP contribution in [0.2, 0.25) is 5.15 Å². The van der Waals surface area contributed by atoms with E-state index in [1.165, 1.54) is 11.9 Å². The van der Waals surface area contributed by atoms with Crippen molar-refractivity contribution in [3.05, 3.63) is 85.7 Å². The molecule has 1 fully saturated rings. The molecule has 45 heavy (non-hydrogen) atoms. The molecule has 3 aromatic heterocycles. The van der Waals surface area contributed by atoms with Crippen molar-refractivity contribution in [1.82, 2.24) is 24.3 Å². The van der Waals surface area contributed by atoms with Crippen LogP contribution in [0, 0.1) is 18.3 Å². The zero-order valence-corrected chi connectivity index (χ0v) is 29.7. The normalized spacial score (nSPS) is 14.3. The van der Waals surface area contributed by atoms with Crippen LogP contribution < -0.4 is 20.6 Å². The second-order valence-corrected chi connectivity index (χ2v) is 11.8. The monoisotopic (exact) mass is 812 g/mol. The van der Waals surface area contributed by atoms with Crippen LogP contribution in [0.1, 0.15) is 48.5 Å². The molecule has 4 heterocycles. The van der Waals surface area contributed by atoms with Crippen molar-refractivity contribution in [3.8, 4) is 11.9 Å². The molecule has 1 unspecified atom stereocenters. The van der Waals surface area contributed by atoms with Crippen molar-refractivity contribution in [2.24, 2.45) is 7.05 Å². The number of nitrogens with one attached hydrogen (secondary N) is 1. The van der Waals surface area contributed by atoms with Gasteiger partial charge in [0.1, 0.15) is 5.15 Å². The molecule has 1 aliphatic rings. The summed E-state index contributed by atoms with van der Waals surface area (Å²) in [7, 11) is 1.78. The summed E-state index contributed by atoms with van der Waals surface area (Å²) in [5.41, 5.74) is 4.68. The van der Waals surface area contributed by atoms with Crippen LogP contribution in [0.5, 0.6) is 5.88 Å². The largest absolute Gasteiger partial charge is 0.564 e. The van der Waals surface area contributed by atoms with Gasteiger partial charge < -0.3 is 19.9 Å². The van der Waals surface area contributed by atoms with Gasteiger partial charge in [-0.2, -0.15) is 10.4 Å². The standard InChI is InChI=1S/C31H31ClN9O2S.W/c1-18-13-23(19(2)35-25-6-8-27(32)36-29(25)43-38-44-4)28-24(14-18)30(42)39(3)31(37-28)40-11-9-22(10-12-40)41-26-7-5-20(16-33)15-21(26)17-34-41;/h5-8,13-15,17,19,22,35H,9-12H2,1-4H3;/q-1;. The summed E-state index contributed by atoms with van der Waals surface area (Å²) in [4.78, 5) is 34.6. The van der Waals surface area contributed by atoms with Crippen LogP contribution in [0.25, 0.3) is 26.7 Å². The third kappa shape index (κ3) is 6.54. The molecular weight excluding hydrogens is 782 g/mol. The van der Waals surface area contributed by atoms with E-state index in [0.29, 0.717) is 33.3 Å². The summed E-state index contributed by atoms with van der Waals surface area (Å²) in [6, 6.07) is 15.2. The first kappa shape index (κ1) is 32.8. The second-order valence-electron chi connectivity index (χ2n) is 10.9. The average molecular weight is 813 g/mol. The number of aromatic nitrogens is 5. The maximum Gasteiger partial charge on any atom is 0.262 e. The Morgan fingerprint density at radius 3 is 2.69 bits per heavy atom. The van der Waals surface area contributed by atoms with Crippen molar-refractivity contribution >= 4 is 57.0 Å². The molecule has 0 radical (unpaired) electrons. The third-order valence-corrected chi connectivity index (χ3v) is 8.45. The predicted octanol–water partition coefficient (Wildman–Crippen LogP) is 6.47. The van der Waals surface area contributed by atoms with Crippen molar-refractivity contribution in [1.29, 1.82) is 5.26 Å². The number of nitrogens with zero attached hydrogens (tertiary/aromatic N) is 8. The number of hydrogen-bond donors (Lipinski definition) is 1. The van der Waals surface area contributed by atoms with Gasteiger partial charge >= 0.3 is 0 Å². The van der Waals surface area contributed by atoms with E-state index in [1.54, 1.807) is 30.0 Å². The van der Waals surface area contributed by atoms with Crippen LogP contribution in [0.15, 0.2) is 53.5 Å². The first-order valence-corrected chi connectivity index (χ1v) is 15.8. The molecule has 0 aliphatic carbocycles. The van der Waals surface area contributed by atoms with E-state index in [0.717, 1.165) is 48.0 Å². The molecule has 232 valence electrons. The van der Waals surface area contributed by atoms with Crippen molar-refractivity contribution < 1.29 is 25.9 Å². The van der Waals surface area contributed by atoms with Gasteiger partial charge in [0.25, 0.3) is 5.56 Å². The van der Waals surface area contributed by atoms with Gasteiger partial charge in [0.05, 0.1) is 52.0 Å². The van der Waals surface area contributed by atoms with Gasteiger partial charge in [-0.1, -0.05) is 17.7 Å². The number of aryl methyl sites for hydroxylation is 1. The van der Waals surface area contributed by atoms with E-state index in [9.17, 15) is 10.1 Å². The topological polar surface area (TPSA) is 128 Å². The maximum atomic E-state index is 13.7. The number of pyridine rings is 1. The third-order valence-electron chi connectivity index (χ3n) is 8.01. The second kappa shape index (κ2) is 13.8. The summed E-state index contributed by atoms with van der Waals surface area (Å²) in [5, 5.41) is 19.2. The van der Waals surface area contributed by atoms with Gasteiger partial charge in [-0.15, -0.1) is 0 Å². The first-order chi connectivity index (χ1) is 21.3. The molecule has 14 heteroatoms. The summed E-state index contributed by atoms with van der Waals surface area (Å²) in [6.45, 7) is 5.43. The SMILES string of the molecule is CS[N-]Oc1nc(Cl)ccc1NC(C)c1cc(C)cc2c(=O)n(C)c(N3CCC(n4ncc5cc(C#N)ccc54)CC3)nc12.[W]. The molecule has 6 rings (SSSR count). The summed E-state index contributed by atoms with van der Waals surface area (Å²) in [5.74, 6) is 0.900. The fourth-order valence-electron chi connectivity index (χ4n) is 5.86. The van der Waals surface area contributed by atoms with Crippen LogP contribution in [-0.4, -0.2) is 43.7 Å². The Morgan fingerprint density at radius 2 is 1.96 bits per heavy atom. The molecule has 2 aromatic carbocycles. The van der Waals surface area contributed by atoms with Gasteiger partial charge in [0.15, 0.2) is 0 Å². The molecule has 1 atom stereocenters. The molecule has 0 bridgehead atoms. The average Bonchev–Trinajstić information content (AvgIpc) is 3.46. The minimum Gasteiger partial charge on any atom is -0.564 e. The minimum absolute atomic E-state index is 0. The summed E-state index contributed by atoms with van der Waals surface area (Å²) >= 11 is 7.29. The molecule has 0 spiro atoms. The number of hydrogen-bond acceptors (Lipinski definition) is 9. The zero-order valence-electron chi connectivity index (χ0n) is 25.2. The Hall–Kier alpha value is -3.62. The summed E-state index contributed by atoms with van der Waals surface area (Å²) < 4.78 is 3.71. The zero-order chi connectivity index (χ0) is 31.0. The number of benzene rings is 2. The maximum absolute atomic E-state index is 13.7. The smallest absolute Gasteiger partial charge is 0.262 e. The van der Waals surface area contributed by atoms with Crippen LogP contribution >= 0.6 is 23.5 Å². The van der Waals surface area contributed by atoms with Gasteiger partial charge in [-0.25, -0.2) is 9.97 Å². The number of fused-ring (bicyclic) bond motifs is 2. The molecular formula is C31H31ClN9O2SW-. The molecule has 0 amide bonds. The molecule has 0 saturated carbocycles. The Labute approximate surface area is 284 Å². The number of piperidine rings is 1. The van der Waals surface area contributed by atoms with Gasteiger partial charge in [0, 0.05) is 52.2 Å². The Bertz CT molecular complexity index is 1970. The number of nitriles is 1. The minimum atomic E-state index is -0.246. The fraction of sp³-hybridized carbons (Fsp3) is 0.323. The van der Waals surface area contributed by atoms with E-state index in [-0.39, 0.29) is 44.6 Å². The van der Waals surface area contributed by atoms with E-state index in [1.807, 2.05) is 44.3 Å². The van der Waals surface area contributed by atoms with Gasteiger partial charge in [0.2, 0.25) is 11.8 Å². The first-order valence-electron chi connectivity index (χ1n) is 14.2. The van der Waals surface area contributed by atoms with E-state index < -0.39 is 0 Å². The van der Waals surface area contributed by atoms with Crippen molar-refractivity contribution in [2.45, 2.75) is 38.8 Å². The Kier molecular flexibility index (Phi) is 10.0. The van der Waals surface area contributed by atoms with Crippen molar-refractivity contribution in [2.75, 3.05) is 29.6 Å². The van der Waals surface area contributed by atoms with E-state index in [4.69, 9.17) is 21.4 Å². The van der Waals surface area contributed by atoms with E-state index in [2.05, 4.69) is 42.0 Å². The molecule has 1 saturated heterocycles. The molecule has 5 aromatic rings. The van der Waals surface area contributed by atoms with Gasteiger partial charge in [-0.05, 0) is 74.9 Å². The predicted molar refractivity (Wildman–Crippen MR) is 175 cm³/mol. The summed E-state index contributed by atoms with van der Waals surface area (Å²) in [6.07, 6.45) is 5.30. The molecule has 1 aliphatic heterocycles. The Balaban J connectivity index is 0.00000400. The van der Waals surface area contributed by atoms with Crippen molar-refractivity contribution in [3.63, 3.8) is 0 Å². The van der Waals surface area contributed by atoms with Gasteiger partial charge in [-0.3, -0.25) is 26.0 Å².